The van der Waals surface area contributed by atoms with Crippen LogP contribution in [0.1, 0.15) is 37.8 Å². The van der Waals surface area contributed by atoms with Gasteiger partial charge in [-0.1, -0.05) is 55.8 Å². The number of aryl methyl sites for hydroxylation is 1. The Kier molecular flexibility index (Phi) is 6.02. The predicted molar refractivity (Wildman–Crippen MR) is 111 cm³/mol. The van der Waals surface area contributed by atoms with E-state index >= 15 is 0 Å². The maximum absolute atomic E-state index is 12.6. The summed E-state index contributed by atoms with van der Waals surface area (Å²) in [6, 6.07) is 15.8. The Morgan fingerprint density at radius 1 is 1.11 bits per heavy atom. The maximum atomic E-state index is 12.6. The molecule has 0 aromatic heterocycles. The molecule has 2 aromatic rings. The molecule has 0 unspecified atom stereocenters. The minimum absolute atomic E-state index is 0.0520. The van der Waals surface area contributed by atoms with Gasteiger partial charge in [0.25, 0.3) is 0 Å². The van der Waals surface area contributed by atoms with Crippen LogP contribution in [0.3, 0.4) is 0 Å². The topological polar surface area (TPSA) is 58.6 Å². The van der Waals surface area contributed by atoms with Gasteiger partial charge in [0.2, 0.25) is 11.8 Å². The number of fused-ring (bicyclic) bond motifs is 1. The molecule has 148 valence electrons. The summed E-state index contributed by atoms with van der Waals surface area (Å²) in [4.78, 5) is 26.6. The highest BCUT2D eigenvalue weighted by atomic mass is 16.5. The number of ether oxygens (including phenoxy) is 1. The number of hydrogen-bond acceptors (Lipinski definition) is 3. The first-order valence-electron chi connectivity index (χ1n) is 9.73. The van der Waals surface area contributed by atoms with Crippen LogP contribution in [-0.4, -0.2) is 31.5 Å². The number of amides is 2. The monoisotopic (exact) mass is 380 g/mol. The number of para-hydroxylation sites is 2. The number of nitrogens with zero attached hydrogens (tertiary/aromatic N) is 1. The lowest BCUT2D eigenvalue weighted by atomic mass is 9.84. The molecule has 0 atom stereocenters. The number of carbonyl (C=O) groups excluding carboxylic acids is 2. The van der Waals surface area contributed by atoms with E-state index in [2.05, 4.69) is 44.3 Å². The summed E-state index contributed by atoms with van der Waals surface area (Å²) >= 11 is 0. The molecule has 28 heavy (non-hydrogen) atoms. The molecular weight excluding hydrogens is 352 g/mol. The molecule has 0 spiro atoms. The lowest BCUT2D eigenvalue weighted by molar-refractivity contribution is -0.125. The lowest BCUT2D eigenvalue weighted by Gasteiger charge is -2.29. The first kappa shape index (κ1) is 19.9. The molecule has 0 bridgehead atoms. The van der Waals surface area contributed by atoms with Crippen molar-refractivity contribution in [2.75, 3.05) is 24.6 Å². The zero-order valence-corrected chi connectivity index (χ0v) is 16.8. The fourth-order valence-corrected chi connectivity index (χ4v) is 3.36. The molecule has 2 aromatic carbocycles. The molecule has 0 saturated heterocycles. The van der Waals surface area contributed by atoms with Gasteiger partial charge in [-0.25, -0.2) is 0 Å². The fraction of sp³-hybridized carbons (Fsp3) is 0.391. The van der Waals surface area contributed by atoms with Gasteiger partial charge in [-0.15, -0.1) is 0 Å². The van der Waals surface area contributed by atoms with Gasteiger partial charge in [-0.2, -0.15) is 0 Å². The van der Waals surface area contributed by atoms with Crippen LogP contribution in [0.25, 0.3) is 0 Å². The van der Waals surface area contributed by atoms with Gasteiger partial charge in [0.15, 0.2) is 0 Å². The quantitative estimate of drug-likeness (QED) is 0.833. The van der Waals surface area contributed by atoms with Crippen LogP contribution in [0.5, 0.6) is 5.75 Å². The predicted octanol–water partition coefficient (Wildman–Crippen LogP) is 3.59. The smallest absolute Gasteiger partial charge is 0.227 e. The summed E-state index contributed by atoms with van der Waals surface area (Å²) in [7, 11) is 0. The number of hydrogen-bond donors (Lipinski definition) is 1. The van der Waals surface area contributed by atoms with Gasteiger partial charge in [-0.05, 0) is 24.6 Å². The Hall–Kier alpha value is -2.82. The summed E-state index contributed by atoms with van der Waals surface area (Å²) in [5, 5.41) is 2.98. The number of carbonyl (C=O) groups is 2. The van der Waals surface area contributed by atoms with E-state index in [9.17, 15) is 9.59 Å². The second kappa shape index (κ2) is 8.46. The normalized spacial score (nSPS) is 13.5. The molecule has 1 heterocycles. The summed E-state index contributed by atoms with van der Waals surface area (Å²) in [5.41, 5.74) is 3.00. The summed E-state index contributed by atoms with van der Waals surface area (Å²) in [5.74, 6) is 0.561. The highest BCUT2D eigenvalue weighted by Gasteiger charge is 2.25. The van der Waals surface area contributed by atoms with Gasteiger partial charge >= 0.3 is 0 Å². The van der Waals surface area contributed by atoms with Crippen LogP contribution < -0.4 is 15.0 Å². The second-order valence-corrected chi connectivity index (χ2v) is 7.89. The Labute approximate surface area is 166 Å². The van der Waals surface area contributed by atoms with Crippen molar-refractivity contribution in [3.8, 4) is 5.75 Å². The van der Waals surface area contributed by atoms with E-state index in [1.807, 2.05) is 30.3 Å². The molecule has 0 saturated carbocycles. The van der Waals surface area contributed by atoms with Crippen molar-refractivity contribution in [3.05, 3.63) is 59.7 Å². The second-order valence-electron chi connectivity index (χ2n) is 7.89. The maximum Gasteiger partial charge on any atom is 0.227 e. The molecule has 1 aliphatic rings. The third kappa shape index (κ3) is 4.71. The molecule has 1 N–H and O–H groups in total. The third-order valence-electron chi connectivity index (χ3n) is 5.12. The highest BCUT2D eigenvalue weighted by molar-refractivity contribution is 5.97. The van der Waals surface area contributed by atoms with Crippen molar-refractivity contribution < 1.29 is 14.3 Å². The molecule has 5 nitrogen and oxygen atoms in total. The van der Waals surface area contributed by atoms with E-state index < -0.39 is 0 Å². The van der Waals surface area contributed by atoms with E-state index in [1.54, 1.807) is 4.90 Å². The van der Waals surface area contributed by atoms with Gasteiger partial charge in [0, 0.05) is 24.8 Å². The largest absolute Gasteiger partial charge is 0.490 e. The Bertz CT molecular complexity index is 860. The van der Waals surface area contributed by atoms with Crippen molar-refractivity contribution in [1.29, 1.82) is 0 Å². The number of nitrogens with one attached hydrogen (secondary N) is 1. The van der Waals surface area contributed by atoms with E-state index in [4.69, 9.17) is 4.74 Å². The molecule has 0 aliphatic carbocycles. The van der Waals surface area contributed by atoms with Crippen molar-refractivity contribution in [1.82, 2.24) is 5.32 Å². The molecule has 2 amide bonds. The fourth-order valence-electron chi connectivity index (χ4n) is 3.36. The van der Waals surface area contributed by atoms with E-state index in [0.717, 1.165) is 5.69 Å². The lowest BCUT2D eigenvalue weighted by Crippen LogP contribution is -2.39. The Balaban J connectivity index is 1.51. The van der Waals surface area contributed by atoms with Crippen LogP contribution in [0.15, 0.2) is 48.5 Å². The van der Waals surface area contributed by atoms with Crippen molar-refractivity contribution in [2.24, 2.45) is 0 Å². The van der Waals surface area contributed by atoms with Gasteiger partial charge < -0.3 is 15.0 Å². The van der Waals surface area contributed by atoms with Gasteiger partial charge in [0.1, 0.15) is 12.4 Å². The van der Waals surface area contributed by atoms with Gasteiger partial charge in [-0.3, -0.25) is 9.59 Å². The van der Waals surface area contributed by atoms with Crippen molar-refractivity contribution in [2.45, 2.75) is 39.0 Å². The Morgan fingerprint density at radius 3 is 2.68 bits per heavy atom. The average Bonchev–Trinajstić information content (AvgIpc) is 2.70. The third-order valence-corrected chi connectivity index (χ3v) is 5.12. The molecule has 3 rings (SSSR count). The number of benzene rings is 2. The summed E-state index contributed by atoms with van der Waals surface area (Å²) < 4.78 is 5.58. The average molecular weight is 380 g/mol. The van der Waals surface area contributed by atoms with Crippen LogP contribution in [0.4, 0.5) is 5.69 Å². The van der Waals surface area contributed by atoms with E-state index in [1.165, 1.54) is 11.1 Å². The summed E-state index contributed by atoms with van der Waals surface area (Å²) in [6.07, 6.45) is 0.368. The SMILES string of the molecule is Cc1cccc(C(C)(C)CNC(=O)CCC(=O)N2CCOc3ccccc32)c1. The first-order chi connectivity index (χ1) is 13.4. The van der Waals surface area contributed by atoms with Crippen LogP contribution in [0, 0.1) is 6.92 Å². The summed E-state index contributed by atoms with van der Waals surface area (Å²) in [6.45, 7) is 7.80. The van der Waals surface area contributed by atoms with Crippen LogP contribution >= 0.6 is 0 Å². The van der Waals surface area contributed by atoms with Crippen molar-refractivity contribution in [3.63, 3.8) is 0 Å². The number of anilines is 1. The minimum atomic E-state index is -0.172. The molecule has 5 heteroatoms. The highest BCUT2D eigenvalue weighted by Crippen LogP contribution is 2.31. The van der Waals surface area contributed by atoms with Crippen LogP contribution in [-0.2, 0) is 15.0 Å². The van der Waals surface area contributed by atoms with E-state index in [0.29, 0.717) is 25.4 Å². The van der Waals surface area contributed by atoms with Crippen molar-refractivity contribution >= 4 is 17.5 Å². The van der Waals surface area contributed by atoms with E-state index in [-0.39, 0.29) is 30.1 Å². The molecule has 1 aliphatic heterocycles. The molecular formula is C23H28N2O3. The minimum Gasteiger partial charge on any atom is -0.490 e. The standard InChI is InChI=1S/C23H28N2O3/c1-17-7-6-8-18(15-17)23(2,3)16-24-21(26)11-12-22(27)25-13-14-28-20-10-5-4-9-19(20)25/h4-10,15H,11-14,16H2,1-3H3,(H,24,26). The zero-order chi connectivity index (χ0) is 20.1. The molecule has 0 radical (unpaired) electrons. The number of rotatable bonds is 6. The van der Waals surface area contributed by atoms with Gasteiger partial charge in [0.05, 0.1) is 12.2 Å². The Morgan fingerprint density at radius 2 is 1.89 bits per heavy atom. The zero-order valence-electron chi connectivity index (χ0n) is 16.8. The first-order valence-corrected chi connectivity index (χ1v) is 9.73. The molecule has 0 fully saturated rings. The van der Waals surface area contributed by atoms with Crippen LogP contribution in [0.2, 0.25) is 0 Å².